The number of thioether (sulfide) groups is 1. The van der Waals surface area contributed by atoms with E-state index in [1.165, 1.54) is 18.0 Å². The normalized spacial score (nSPS) is 25.0. The summed E-state index contributed by atoms with van der Waals surface area (Å²) in [6.45, 7) is 2.94. The van der Waals surface area contributed by atoms with Crippen molar-refractivity contribution in [1.82, 2.24) is 14.5 Å². The number of carbonyl (C=O) groups is 1. The van der Waals surface area contributed by atoms with Crippen molar-refractivity contribution in [2.45, 2.75) is 30.8 Å². The summed E-state index contributed by atoms with van der Waals surface area (Å²) in [5.74, 6) is 0.467. The van der Waals surface area contributed by atoms with E-state index in [9.17, 15) is 14.7 Å². The lowest BCUT2D eigenvalue weighted by molar-refractivity contribution is -0.0668. The number of aromatic nitrogens is 2. The number of rotatable bonds is 2. The van der Waals surface area contributed by atoms with Crippen LogP contribution in [0.2, 0.25) is 0 Å². The molecule has 2 unspecified atom stereocenters. The SMILES string of the molecule is CC1COC(CO)CN1C(=O)c1cnc2n(c1=O)CCS2. The van der Waals surface area contributed by atoms with Gasteiger partial charge in [-0.15, -0.1) is 0 Å². The molecule has 2 aliphatic heterocycles. The first kappa shape index (κ1) is 14.6. The first-order chi connectivity index (χ1) is 10.1. The van der Waals surface area contributed by atoms with Crippen molar-refractivity contribution in [2.75, 3.05) is 25.5 Å². The quantitative estimate of drug-likeness (QED) is 0.746. The summed E-state index contributed by atoms with van der Waals surface area (Å²) in [5, 5.41) is 9.85. The van der Waals surface area contributed by atoms with Crippen LogP contribution in [0.1, 0.15) is 17.3 Å². The summed E-state index contributed by atoms with van der Waals surface area (Å²) < 4.78 is 6.96. The van der Waals surface area contributed by atoms with Gasteiger partial charge < -0.3 is 14.7 Å². The van der Waals surface area contributed by atoms with E-state index in [1.54, 1.807) is 9.47 Å². The molecule has 0 spiro atoms. The number of nitrogens with zero attached hydrogens (tertiary/aromatic N) is 3. The average molecular weight is 311 g/mol. The molecule has 114 valence electrons. The van der Waals surface area contributed by atoms with E-state index >= 15 is 0 Å². The lowest BCUT2D eigenvalue weighted by Crippen LogP contribution is -2.53. The third kappa shape index (κ3) is 2.58. The molecule has 1 saturated heterocycles. The number of ether oxygens (including phenoxy) is 1. The van der Waals surface area contributed by atoms with Gasteiger partial charge >= 0.3 is 0 Å². The first-order valence-electron chi connectivity index (χ1n) is 6.88. The van der Waals surface area contributed by atoms with Crippen molar-refractivity contribution >= 4 is 17.7 Å². The van der Waals surface area contributed by atoms with E-state index in [-0.39, 0.29) is 36.2 Å². The largest absolute Gasteiger partial charge is 0.394 e. The topological polar surface area (TPSA) is 84.7 Å². The van der Waals surface area contributed by atoms with Crippen LogP contribution in [-0.2, 0) is 11.3 Å². The standard InChI is InChI=1S/C13H17N3O4S/c1-8-7-20-9(6-17)5-16(8)12(19)10-4-14-13-15(11(10)18)2-3-21-13/h4,8-9,17H,2-3,5-7H2,1H3. The van der Waals surface area contributed by atoms with Crippen molar-refractivity contribution in [3.05, 3.63) is 22.1 Å². The zero-order chi connectivity index (χ0) is 15.0. The Morgan fingerprint density at radius 1 is 1.62 bits per heavy atom. The molecular formula is C13H17N3O4S. The fraction of sp³-hybridized carbons (Fsp3) is 0.615. The Labute approximate surface area is 125 Å². The zero-order valence-corrected chi connectivity index (χ0v) is 12.5. The minimum Gasteiger partial charge on any atom is -0.394 e. The van der Waals surface area contributed by atoms with E-state index in [0.717, 1.165) is 5.75 Å². The van der Waals surface area contributed by atoms with Crippen molar-refractivity contribution in [3.8, 4) is 0 Å². The van der Waals surface area contributed by atoms with Crippen LogP contribution in [0.5, 0.6) is 0 Å². The molecule has 0 saturated carbocycles. The zero-order valence-electron chi connectivity index (χ0n) is 11.7. The van der Waals surface area contributed by atoms with Crippen molar-refractivity contribution in [2.24, 2.45) is 0 Å². The summed E-state index contributed by atoms with van der Waals surface area (Å²) in [6.07, 6.45) is 0.969. The van der Waals surface area contributed by atoms with Gasteiger partial charge in [0.05, 0.1) is 25.4 Å². The summed E-state index contributed by atoms with van der Waals surface area (Å²) in [6, 6.07) is -0.132. The van der Waals surface area contributed by atoms with E-state index in [4.69, 9.17) is 4.74 Å². The van der Waals surface area contributed by atoms with Crippen molar-refractivity contribution < 1.29 is 14.6 Å². The van der Waals surface area contributed by atoms with E-state index < -0.39 is 6.10 Å². The Balaban J connectivity index is 1.90. The maximum absolute atomic E-state index is 12.6. The van der Waals surface area contributed by atoms with Gasteiger partial charge in [0.1, 0.15) is 5.56 Å². The molecule has 1 amide bonds. The van der Waals surface area contributed by atoms with Crippen molar-refractivity contribution in [3.63, 3.8) is 0 Å². The van der Waals surface area contributed by atoms with Gasteiger partial charge in [-0.3, -0.25) is 14.2 Å². The second-order valence-corrected chi connectivity index (χ2v) is 6.27. The molecule has 1 fully saturated rings. The van der Waals surface area contributed by atoms with Crippen LogP contribution in [0.3, 0.4) is 0 Å². The molecule has 0 radical (unpaired) electrons. The van der Waals surface area contributed by atoms with Crippen LogP contribution in [0.25, 0.3) is 0 Å². The molecule has 0 bridgehead atoms. The predicted molar refractivity (Wildman–Crippen MR) is 76.5 cm³/mol. The average Bonchev–Trinajstić information content (AvgIpc) is 2.97. The number of carbonyl (C=O) groups excluding carboxylic acids is 1. The number of aliphatic hydroxyl groups is 1. The van der Waals surface area contributed by atoms with Gasteiger partial charge in [0.2, 0.25) is 0 Å². The third-order valence-electron chi connectivity index (χ3n) is 3.76. The Bertz CT molecular complexity index is 618. The number of aliphatic hydroxyl groups excluding tert-OH is 1. The van der Waals surface area contributed by atoms with Crippen LogP contribution in [0.4, 0.5) is 0 Å². The predicted octanol–water partition coefficient (Wildman–Crippen LogP) is -0.429. The Hall–Kier alpha value is -1.38. The second kappa shape index (κ2) is 5.78. The summed E-state index contributed by atoms with van der Waals surface area (Å²) in [4.78, 5) is 30.8. The van der Waals surface area contributed by atoms with Crippen LogP contribution in [0, 0.1) is 0 Å². The maximum Gasteiger partial charge on any atom is 0.267 e. The summed E-state index contributed by atoms with van der Waals surface area (Å²) >= 11 is 1.52. The van der Waals surface area contributed by atoms with E-state index in [1.807, 2.05) is 6.92 Å². The fourth-order valence-electron chi connectivity index (χ4n) is 2.53. The maximum atomic E-state index is 12.6. The Kier molecular flexibility index (Phi) is 4.01. The van der Waals surface area contributed by atoms with E-state index in [2.05, 4.69) is 4.98 Å². The third-order valence-corrected chi connectivity index (χ3v) is 4.73. The molecule has 3 heterocycles. The van der Waals surface area contributed by atoms with Crippen molar-refractivity contribution in [1.29, 1.82) is 0 Å². The molecule has 0 aliphatic carbocycles. The van der Waals surface area contributed by atoms with Gasteiger partial charge in [0, 0.05) is 25.0 Å². The molecular weight excluding hydrogens is 294 g/mol. The lowest BCUT2D eigenvalue weighted by atomic mass is 10.1. The molecule has 0 aromatic carbocycles. The molecule has 1 aromatic rings. The molecule has 3 rings (SSSR count). The van der Waals surface area contributed by atoms with Gasteiger partial charge in [0.25, 0.3) is 11.5 Å². The molecule has 2 aliphatic rings. The van der Waals surface area contributed by atoms with E-state index in [0.29, 0.717) is 18.3 Å². The summed E-state index contributed by atoms with van der Waals surface area (Å²) in [5.41, 5.74) is -0.194. The monoisotopic (exact) mass is 311 g/mol. The lowest BCUT2D eigenvalue weighted by Gasteiger charge is -2.37. The molecule has 8 heteroatoms. The van der Waals surface area contributed by atoms with Gasteiger partial charge in [-0.1, -0.05) is 11.8 Å². The molecule has 21 heavy (non-hydrogen) atoms. The number of amides is 1. The van der Waals surface area contributed by atoms with Gasteiger partial charge in [-0.25, -0.2) is 4.98 Å². The second-order valence-electron chi connectivity index (χ2n) is 5.20. The van der Waals surface area contributed by atoms with Gasteiger partial charge in [-0.2, -0.15) is 0 Å². The highest BCUT2D eigenvalue weighted by atomic mass is 32.2. The van der Waals surface area contributed by atoms with Gasteiger partial charge in [-0.05, 0) is 6.92 Å². The summed E-state index contributed by atoms with van der Waals surface area (Å²) in [7, 11) is 0. The Morgan fingerprint density at radius 2 is 2.43 bits per heavy atom. The number of fused-ring (bicyclic) bond motifs is 1. The molecule has 1 N–H and O–H groups in total. The Morgan fingerprint density at radius 3 is 3.19 bits per heavy atom. The highest BCUT2D eigenvalue weighted by Crippen LogP contribution is 2.21. The minimum absolute atomic E-state index is 0.0895. The van der Waals surface area contributed by atoms with Crippen LogP contribution in [-0.4, -0.2) is 63.1 Å². The van der Waals surface area contributed by atoms with Crippen LogP contribution >= 0.6 is 11.8 Å². The van der Waals surface area contributed by atoms with Crippen LogP contribution in [0.15, 0.2) is 16.1 Å². The molecule has 2 atom stereocenters. The molecule has 1 aromatic heterocycles. The van der Waals surface area contributed by atoms with Gasteiger partial charge in [0.15, 0.2) is 5.16 Å². The number of morpholine rings is 1. The highest BCUT2D eigenvalue weighted by Gasteiger charge is 2.32. The fourth-order valence-corrected chi connectivity index (χ4v) is 3.44. The molecule has 7 nitrogen and oxygen atoms in total. The smallest absolute Gasteiger partial charge is 0.267 e. The highest BCUT2D eigenvalue weighted by molar-refractivity contribution is 7.99. The first-order valence-corrected chi connectivity index (χ1v) is 7.86. The minimum atomic E-state index is -0.397. The number of hydrogen-bond donors (Lipinski definition) is 1. The number of hydrogen-bond acceptors (Lipinski definition) is 6. The van der Waals surface area contributed by atoms with Crippen LogP contribution < -0.4 is 5.56 Å².